The Kier molecular flexibility index (Phi) is 2.86. The highest BCUT2D eigenvalue weighted by Crippen LogP contribution is 2.39. The summed E-state index contributed by atoms with van der Waals surface area (Å²) in [7, 11) is 1.63. The van der Waals surface area contributed by atoms with Gasteiger partial charge in [-0.2, -0.15) is 0 Å². The van der Waals surface area contributed by atoms with Gasteiger partial charge in [-0.1, -0.05) is 0 Å². The van der Waals surface area contributed by atoms with E-state index in [0.29, 0.717) is 22.8 Å². The van der Waals surface area contributed by atoms with E-state index in [1.54, 1.807) is 14.0 Å². The maximum atomic E-state index is 12.0. The van der Waals surface area contributed by atoms with Crippen molar-refractivity contribution >= 4 is 16.9 Å². The number of aryl methyl sites for hydroxylation is 1. The fourth-order valence-electron chi connectivity index (χ4n) is 1.75. The first-order chi connectivity index (χ1) is 7.56. The van der Waals surface area contributed by atoms with Gasteiger partial charge in [0.05, 0.1) is 11.5 Å². The van der Waals surface area contributed by atoms with E-state index in [1.165, 1.54) is 4.57 Å². The molecule has 6 heteroatoms. The van der Waals surface area contributed by atoms with E-state index in [1.807, 2.05) is 0 Å². The second-order valence-electron chi connectivity index (χ2n) is 3.73. The predicted octanol–water partition coefficient (Wildman–Crippen LogP) is 0.187. The number of rotatable bonds is 2. The summed E-state index contributed by atoms with van der Waals surface area (Å²) in [6.07, 6.45) is 0.290. The zero-order valence-corrected chi connectivity index (χ0v) is 9.87. The first kappa shape index (κ1) is 11.3. The van der Waals surface area contributed by atoms with Crippen molar-refractivity contribution in [2.75, 3.05) is 6.61 Å². The number of fused-ring (bicyclic) bond motifs is 1. The van der Waals surface area contributed by atoms with E-state index in [0.717, 1.165) is 11.8 Å². The second kappa shape index (κ2) is 4.03. The van der Waals surface area contributed by atoms with E-state index in [2.05, 4.69) is 4.98 Å². The largest absolute Gasteiger partial charge is 0.396 e. The van der Waals surface area contributed by atoms with Crippen LogP contribution >= 0.6 is 11.8 Å². The number of carbonyl (C=O) groups excluding carboxylic acids is 1. The topological polar surface area (TPSA) is 72.2 Å². The third kappa shape index (κ3) is 1.58. The summed E-state index contributed by atoms with van der Waals surface area (Å²) < 4.78 is 1.43. The maximum absolute atomic E-state index is 12.0. The van der Waals surface area contributed by atoms with E-state index in [4.69, 9.17) is 5.11 Å². The van der Waals surface area contributed by atoms with Gasteiger partial charge < -0.3 is 5.11 Å². The molecule has 1 aromatic heterocycles. The standard InChI is InChI=1S/C10H12N2O3S/c1-5-11-8-7(9(14)12(5)2)6(3-4-13)10(15)16-8/h6,13H,3-4H2,1-2H3/t6-/m1/s1. The van der Waals surface area contributed by atoms with Gasteiger partial charge in [0.25, 0.3) is 5.56 Å². The lowest BCUT2D eigenvalue weighted by molar-refractivity contribution is -0.112. The Morgan fingerprint density at radius 1 is 1.50 bits per heavy atom. The molecule has 0 aliphatic carbocycles. The summed E-state index contributed by atoms with van der Waals surface area (Å²) >= 11 is 1.00. The maximum Gasteiger partial charge on any atom is 0.258 e. The Labute approximate surface area is 96.5 Å². The Morgan fingerprint density at radius 3 is 2.81 bits per heavy atom. The monoisotopic (exact) mass is 240 g/mol. The summed E-state index contributed by atoms with van der Waals surface area (Å²) in [6, 6.07) is 0. The van der Waals surface area contributed by atoms with Gasteiger partial charge in [-0.15, -0.1) is 0 Å². The van der Waals surface area contributed by atoms with Crippen LogP contribution < -0.4 is 5.56 Å². The minimum Gasteiger partial charge on any atom is -0.396 e. The third-order valence-corrected chi connectivity index (χ3v) is 3.75. The minimum atomic E-state index is -0.503. The number of nitrogens with zero attached hydrogens (tertiary/aromatic N) is 2. The number of hydrogen-bond donors (Lipinski definition) is 1. The van der Waals surface area contributed by atoms with Gasteiger partial charge in [0.1, 0.15) is 10.9 Å². The molecule has 0 amide bonds. The molecule has 0 unspecified atom stereocenters. The van der Waals surface area contributed by atoms with Gasteiger partial charge in [-0.05, 0) is 25.1 Å². The number of aliphatic hydroxyl groups excluding tert-OH is 1. The molecule has 16 heavy (non-hydrogen) atoms. The van der Waals surface area contributed by atoms with Crippen LogP contribution in [0.1, 0.15) is 23.7 Å². The molecule has 0 saturated carbocycles. The van der Waals surface area contributed by atoms with Crippen molar-refractivity contribution in [3.8, 4) is 0 Å². The van der Waals surface area contributed by atoms with Gasteiger partial charge >= 0.3 is 0 Å². The highest BCUT2D eigenvalue weighted by atomic mass is 32.2. The van der Waals surface area contributed by atoms with Crippen molar-refractivity contribution in [2.24, 2.45) is 7.05 Å². The molecule has 1 atom stereocenters. The molecule has 0 saturated heterocycles. The summed E-state index contributed by atoms with van der Waals surface area (Å²) in [5.74, 6) is 0.0884. The SMILES string of the molecule is Cc1nc2c(c(=O)n1C)[C@@H](CCO)C(=O)S2. The molecule has 0 fully saturated rings. The summed E-state index contributed by atoms with van der Waals surface area (Å²) in [4.78, 5) is 27.9. The molecule has 0 spiro atoms. The number of aromatic nitrogens is 2. The van der Waals surface area contributed by atoms with Crippen molar-refractivity contribution in [2.45, 2.75) is 24.3 Å². The summed E-state index contributed by atoms with van der Waals surface area (Å²) in [5.41, 5.74) is 0.261. The number of thioether (sulfide) groups is 1. The molecular weight excluding hydrogens is 228 g/mol. The first-order valence-electron chi connectivity index (χ1n) is 4.96. The zero-order valence-electron chi connectivity index (χ0n) is 9.06. The molecule has 1 aliphatic rings. The molecule has 1 aromatic rings. The Hall–Kier alpha value is -1.14. The van der Waals surface area contributed by atoms with Gasteiger partial charge in [0.15, 0.2) is 0 Å². The fourth-order valence-corrected chi connectivity index (χ4v) is 2.84. The molecule has 2 heterocycles. The van der Waals surface area contributed by atoms with Crippen molar-refractivity contribution in [1.29, 1.82) is 0 Å². The lowest BCUT2D eigenvalue weighted by Gasteiger charge is -2.08. The Balaban J connectivity index is 2.61. The Bertz CT molecular complexity index is 510. The minimum absolute atomic E-state index is 0.0979. The smallest absolute Gasteiger partial charge is 0.258 e. The molecule has 86 valence electrons. The molecule has 0 aromatic carbocycles. The van der Waals surface area contributed by atoms with Crippen molar-refractivity contribution in [3.05, 3.63) is 21.7 Å². The first-order valence-corrected chi connectivity index (χ1v) is 5.78. The highest BCUT2D eigenvalue weighted by Gasteiger charge is 2.35. The van der Waals surface area contributed by atoms with Crippen LogP contribution in [0.25, 0.3) is 0 Å². The van der Waals surface area contributed by atoms with E-state index < -0.39 is 5.92 Å². The van der Waals surface area contributed by atoms with Crippen LogP contribution in [-0.2, 0) is 11.8 Å². The van der Waals surface area contributed by atoms with Crippen molar-refractivity contribution < 1.29 is 9.90 Å². The summed E-state index contributed by atoms with van der Waals surface area (Å²) in [5, 5.41) is 9.30. The molecule has 2 rings (SSSR count). The average Bonchev–Trinajstić information content (AvgIpc) is 2.53. The highest BCUT2D eigenvalue weighted by molar-refractivity contribution is 8.14. The van der Waals surface area contributed by atoms with Crippen LogP contribution in [0.2, 0.25) is 0 Å². The molecule has 1 N–H and O–H groups in total. The molecular formula is C10H12N2O3S. The van der Waals surface area contributed by atoms with Crippen molar-refractivity contribution in [1.82, 2.24) is 9.55 Å². The normalized spacial score (nSPS) is 18.9. The lowest BCUT2D eigenvalue weighted by atomic mass is 10.0. The lowest BCUT2D eigenvalue weighted by Crippen LogP contribution is -2.26. The van der Waals surface area contributed by atoms with Crippen LogP contribution in [0.4, 0.5) is 0 Å². The Morgan fingerprint density at radius 2 is 2.19 bits per heavy atom. The van der Waals surface area contributed by atoms with Crippen LogP contribution in [0.3, 0.4) is 0 Å². The van der Waals surface area contributed by atoms with E-state index in [-0.39, 0.29) is 17.3 Å². The average molecular weight is 240 g/mol. The third-order valence-electron chi connectivity index (χ3n) is 2.76. The van der Waals surface area contributed by atoms with Gasteiger partial charge in [0.2, 0.25) is 5.12 Å². The van der Waals surface area contributed by atoms with Gasteiger partial charge in [-0.25, -0.2) is 4.98 Å². The van der Waals surface area contributed by atoms with Crippen LogP contribution in [0, 0.1) is 6.92 Å². The molecule has 0 radical (unpaired) electrons. The fraction of sp³-hybridized carbons (Fsp3) is 0.500. The van der Waals surface area contributed by atoms with Crippen molar-refractivity contribution in [3.63, 3.8) is 0 Å². The second-order valence-corrected chi connectivity index (χ2v) is 4.72. The van der Waals surface area contributed by atoms with Crippen LogP contribution in [0.15, 0.2) is 9.82 Å². The van der Waals surface area contributed by atoms with E-state index >= 15 is 0 Å². The predicted molar refractivity (Wildman–Crippen MR) is 59.5 cm³/mol. The molecule has 1 aliphatic heterocycles. The van der Waals surface area contributed by atoms with Crippen LogP contribution in [-0.4, -0.2) is 26.4 Å². The number of carbonyl (C=O) groups is 1. The molecule has 5 nitrogen and oxygen atoms in total. The summed E-state index contributed by atoms with van der Waals surface area (Å²) in [6.45, 7) is 1.62. The van der Waals surface area contributed by atoms with Crippen LogP contribution in [0.5, 0.6) is 0 Å². The number of hydrogen-bond acceptors (Lipinski definition) is 5. The van der Waals surface area contributed by atoms with Gasteiger partial charge in [-0.3, -0.25) is 14.2 Å². The quantitative estimate of drug-likeness (QED) is 0.747. The van der Waals surface area contributed by atoms with Gasteiger partial charge in [0, 0.05) is 13.7 Å². The molecule has 0 bridgehead atoms. The van der Waals surface area contributed by atoms with E-state index in [9.17, 15) is 9.59 Å². The number of aliphatic hydroxyl groups is 1. The zero-order chi connectivity index (χ0) is 11.9.